The van der Waals surface area contributed by atoms with Crippen LogP contribution in [0.15, 0.2) is 24.3 Å². The third kappa shape index (κ3) is 2.71. The SMILES string of the molecule is CC(C)c1nn(C)c(Nc2cccc(N(C)C)c2)c1N. The van der Waals surface area contributed by atoms with Gasteiger partial charge in [0.15, 0.2) is 5.82 Å². The van der Waals surface area contributed by atoms with Crippen molar-refractivity contribution in [2.45, 2.75) is 19.8 Å². The maximum absolute atomic E-state index is 6.19. The van der Waals surface area contributed by atoms with Gasteiger partial charge in [0.2, 0.25) is 0 Å². The van der Waals surface area contributed by atoms with Gasteiger partial charge in [-0.1, -0.05) is 19.9 Å². The molecular formula is C15H23N5. The molecule has 1 aromatic carbocycles. The second kappa shape index (κ2) is 5.45. The molecule has 0 aliphatic heterocycles. The van der Waals surface area contributed by atoms with Crippen LogP contribution >= 0.6 is 0 Å². The molecule has 1 heterocycles. The Balaban J connectivity index is 2.33. The van der Waals surface area contributed by atoms with Crippen molar-refractivity contribution in [3.8, 4) is 0 Å². The van der Waals surface area contributed by atoms with Gasteiger partial charge < -0.3 is 16.0 Å². The molecule has 2 rings (SSSR count). The van der Waals surface area contributed by atoms with Crippen LogP contribution in [0.4, 0.5) is 22.9 Å². The predicted molar refractivity (Wildman–Crippen MR) is 85.8 cm³/mol. The largest absolute Gasteiger partial charge is 0.394 e. The van der Waals surface area contributed by atoms with Crippen molar-refractivity contribution in [3.05, 3.63) is 30.0 Å². The van der Waals surface area contributed by atoms with E-state index in [9.17, 15) is 0 Å². The van der Waals surface area contributed by atoms with Crippen molar-refractivity contribution < 1.29 is 0 Å². The second-order valence-corrected chi connectivity index (χ2v) is 5.50. The Morgan fingerprint density at radius 3 is 2.55 bits per heavy atom. The first-order valence-corrected chi connectivity index (χ1v) is 6.77. The Morgan fingerprint density at radius 1 is 1.30 bits per heavy atom. The van der Waals surface area contributed by atoms with Gasteiger partial charge >= 0.3 is 0 Å². The fourth-order valence-corrected chi connectivity index (χ4v) is 2.13. The Kier molecular flexibility index (Phi) is 3.88. The molecule has 3 N–H and O–H groups in total. The molecule has 0 saturated carbocycles. The minimum atomic E-state index is 0.310. The average molecular weight is 273 g/mol. The van der Waals surface area contributed by atoms with E-state index in [4.69, 9.17) is 5.73 Å². The summed E-state index contributed by atoms with van der Waals surface area (Å²) in [6.45, 7) is 4.18. The molecule has 2 aromatic rings. The van der Waals surface area contributed by atoms with Crippen LogP contribution in [0.5, 0.6) is 0 Å². The van der Waals surface area contributed by atoms with Gasteiger partial charge in [0.1, 0.15) is 0 Å². The van der Waals surface area contributed by atoms with Crippen molar-refractivity contribution >= 4 is 22.9 Å². The van der Waals surface area contributed by atoms with E-state index < -0.39 is 0 Å². The van der Waals surface area contributed by atoms with Gasteiger partial charge in [-0.25, -0.2) is 0 Å². The highest BCUT2D eigenvalue weighted by molar-refractivity contribution is 5.73. The second-order valence-electron chi connectivity index (χ2n) is 5.50. The van der Waals surface area contributed by atoms with E-state index in [1.165, 1.54) is 0 Å². The van der Waals surface area contributed by atoms with Crippen LogP contribution in [0.25, 0.3) is 0 Å². The van der Waals surface area contributed by atoms with Gasteiger partial charge in [-0.15, -0.1) is 0 Å². The molecule has 5 heteroatoms. The number of nitrogens with two attached hydrogens (primary N) is 1. The number of aryl methyl sites for hydroxylation is 1. The minimum absolute atomic E-state index is 0.310. The summed E-state index contributed by atoms with van der Waals surface area (Å²) in [7, 11) is 5.95. The maximum atomic E-state index is 6.19. The third-order valence-electron chi connectivity index (χ3n) is 3.28. The van der Waals surface area contributed by atoms with E-state index in [0.717, 1.165) is 28.6 Å². The van der Waals surface area contributed by atoms with Crippen molar-refractivity contribution in [2.75, 3.05) is 30.0 Å². The number of hydrogen-bond acceptors (Lipinski definition) is 4. The van der Waals surface area contributed by atoms with E-state index in [1.54, 1.807) is 4.68 Å². The Morgan fingerprint density at radius 2 is 2.00 bits per heavy atom. The molecule has 0 saturated heterocycles. The van der Waals surface area contributed by atoms with Gasteiger partial charge in [0, 0.05) is 32.5 Å². The molecule has 0 unspecified atom stereocenters. The summed E-state index contributed by atoms with van der Waals surface area (Å²) < 4.78 is 1.80. The number of anilines is 4. The first-order chi connectivity index (χ1) is 9.40. The van der Waals surface area contributed by atoms with E-state index in [1.807, 2.05) is 33.3 Å². The number of aromatic nitrogens is 2. The molecule has 0 radical (unpaired) electrons. The molecule has 0 aliphatic rings. The summed E-state index contributed by atoms with van der Waals surface area (Å²) in [6.07, 6.45) is 0. The van der Waals surface area contributed by atoms with Crippen LogP contribution in [0, 0.1) is 0 Å². The molecule has 0 spiro atoms. The molecule has 0 aliphatic carbocycles. The number of nitrogens with one attached hydrogen (secondary N) is 1. The highest BCUT2D eigenvalue weighted by Crippen LogP contribution is 2.30. The van der Waals surface area contributed by atoms with E-state index >= 15 is 0 Å². The van der Waals surface area contributed by atoms with Crippen LogP contribution in [-0.4, -0.2) is 23.9 Å². The fraction of sp³-hybridized carbons (Fsp3) is 0.400. The number of nitrogen functional groups attached to an aromatic ring is 1. The third-order valence-corrected chi connectivity index (χ3v) is 3.28. The monoisotopic (exact) mass is 273 g/mol. The summed E-state index contributed by atoms with van der Waals surface area (Å²) >= 11 is 0. The van der Waals surface area contributed by atoms with E-state index in [0.29, 0.717) is 5.92 Å². The molecule has 5 nitrogen and oxygen atoms in total. The lowest BCUT2D eigenvalue weighted by molar-refractivity contribution is 0.718. The smallest absolute Gasteiger partial charge is 0.152 e. The molecule has 1 aromatic heterocycles. The van der Waals surface area contributed by atoms with Crippen LogP contribution < -0.4 is 16.0 Å². The van der Waals surface area contributed by atoms with Crippen molar-refractivity contribution in [3.63, 3.8) is 0 Å². The number of rotatable bonds is 4. The summed E-state index contributed by atoms with van der Waals surface area (Å²) in [4.78, 5) is 2.07. The lowest BCUT2D eigenvalue weighted by Gasteiger charge is -2.14. The standard InChI is InChI=1S/C15H23N5/c1-10(2)14-13(16)15(20(5)18-14)17-11-7-6-8-12(9-11)19(3)4/h6-10,17H,16H2,1-5H3. The van der Waals surface area contributed by atoms with Gasteiger partial charge in [-0.3, -0.25) is 4.68 Å². The minimum Gasteiger partial charge on any atom is -0.394 e. The first kappa shape index (κ1) is 14.2. The Hall–Kier alpha value is -2.17. The summed E-state index contributed by atoms with van der Waals surface area (Å²) in [5.74, 6) is 1.15. The quantitative estimate of drug-likeness (QED) is 0.899. The van der Waals surface area contributed by atoms with Crippen LogP contribution in [0.3, 0.4) is 0 Å². The zero-order chi connectivity index (χ0) is 14.9. The van der Waals surface area contributed by atoms with Gasteiger partial charge in [-0.2, -0.15) is 5.10 Å². The highest BCUT2D eigenvalue weighted by atomic mass is 15.3. The lowest BCUT2D eigenvalue weighted by atomic mass is 10.1. The molecule has 20 heavy (non-hydrogen) atoms. The molecule has 0 bridgehead atoms. The number of benzene rings is 1. The molecule has 0 fully saturated rings. The van der Waals surface area contributed by atoms with Crippen molar-refractivity contribution in [2.24, 2.45) is 7.05 Å². The average Bonchev–Trinajstić information content (AvgIpc) is 2.67. The van der Waals surface area contributed by atoms with Crippen LogP contribution in [0.1, 0.15) is 25.5 Å². The normalized spacial score (nSPS) is 10.9. The molecule has 0 amide bonds. The maximum Gasteiger partial charge on any atom is 0.152 e. The van der Waals surface area contributed by atoms with Crippen LogP contribution in [-0.2, 0) is 7.05 Å². The summed E-state index contributed by atoms with van der Waals surface area (Å²) in [5.41, 5.74) is 9.98. The molecular weight excluding hydrogens is 250 g/mol. The topological polar surface area (TPSA) is 59.1 Å². The summed E-state index contributed by atoms with van der Waals surface area (Å²) in [6, 6.07) is 8.20. The number of hydrogen-bond donors (Lipinski definition) is 2. The van der Waals surface area contributed by atoms with E-state index in [2.05, 4.69) is 41.3 Å². The van der Waals surface area contributed by atoms with Crippen molar-refractivity contribution in [1.29, 1.82) is 0 Å². The Labute approximate surface area is 120 Å². The van der Waals surface area contributed by atoms with Gasteiger partial charge in [0.05, 0.1) is 11.4 Å². The summed E-state index contributed by atoms with van der Waals surface area (Å²) in [5, 5.41) is 7.84. The zero-order valence-electron chi connectivity index (χ0n) is 12.8. The first-order valence-electron chi connectivity index (χ1n) is 6.77. The van der Waals surface area contributed by atoms with Gasteiger partial charge in [-0.05, 0) is 24.1 Å². The highest BCUT2D eigenvalue weighted by Gasteiger charge is 2.16. The fourth-order valence-electron chi connectivity index (χ4n) is 2.13. The van der Waals surface area contributed by atoms with Gasteiger partial charge in [0.25, 0.3) is 0 Å². The van der Waals surface area contributed by atoms with E-state index in [-0.39, 0.29) is 0 Å². The molecule has 0 atom stereocenters. The lowest BCUT2D eigenvalue weighted by Crippen LogP contribution is -2.09. The van der Waals surface area contributed by atoms with Crippen molar-refractivity contribution in [1.82, 2.24) is 9.78 Å². The Bertz CT molecular complexity index is 598. The molecule has 108 valence electrons. The number of nitrogens with zero attached hydrogens (tertiary/aromatic N) is 3. The predicted octanol–water partition coefficient (Wildman–Crippen LogP) is 2.94. The zero-order valence-corrected chi connectivity index (χ0v) is 12.8. The van der Waals surface area contributed by atoms with Crippen LogP contribution in [0.2, 0.25) is 0 Å².